The molecule has 7 heteroatoms. The molecule has 6 nitrogen and oxygen atoms in total. The summed E-state index contributed by atoms with van der Waals surface area (Å²) in [6.07, 6.45) is 5.11. The second kappa shape index (κ2) is 13.4. The molecule has 0 saturated carbocycles. The van der Waals surface area contributed by atoms with Gasteiger partial charge in [0.15, 0.2) is 0 Å². The molecule has 0 spiro atoms. The number of ether oxygens (including phenoxy) is 1. The van der Waals surface area contributed by atoms with Gasteiger partial charge in [-0.25, -0.2) is 4.39 Å². The molecule has 34 heavy (non-hydrogen) atoms. The molecule has 0 fully saturated rings. The zero-order chi connectivity index (χ0) is 24.2. The van der Waals surface area contributed by atoms with Gasteiger partial charge in [-0.15, -0.1) is 0 Å². The van der Waals surface area contributed by atoms with Gasteiger partial charge in [-0.3, -0.25) is 4.84 Å². The van der Waals surface area contributed by atoms with Gasteiger partial charge in [0.05, 0.1) is 31.9 Å². The molecule has 0 amide bonds. The Hall–Kier alpha value is -3.36. The van der Waals surface area contributed by atoms with E-state index in [1.807, 2.05) is 31.3 Å². The van der Waals surface area contributed by atoms with Crippen molar-refractivity contribution in [3.8, 4) is 23.7 Å². The third kappa shape index (κ3) is 7.33. The van der Waals surface area contributed by atoms with E-state index < -0.39 is 0 Å². The largest absolute Gasteiger partial charge is 0.493 e. The van der Waals surface area contributed by atoms with Crippen molar-refractivity contribution in [3.05, 3.63) is 65.1 Å². The minimum absolute atomic E-state index is 0.143. The number of unbranched alkanes of at least 4 members (excludes halogenated alkanes) is 2. The third-order valence-corrected chi connectivity index (χ3v) is 5.24. The molecule has 1 heterocycles. The minimum atomic E-state index is -0.370. The molecule has 178 valence electrons. The average Bonchev–Trinajstić information content (AvgIpc) is 3.24. The summed E-state index contributed by atoms with van der Waals surface area (Å²) in [5, 5.41) is 19.2. The van der Waals surface area contributed by atoms with Crippen LogP contribution in [0.1, 0.15) is 49.3 Å². The van der Waals surface area contributed by atoms with Gasteiger partial charge in [0.2, 0.25) is 0 Å². The quantitative estimate of drug-likeness (QED) is 0.205. The number of benzene rings is 2. The highest BCUT2D eigenvalue weighted by Gasteiger charge is 2.14. The Morgan fingerprint density at radius 1 is 1.18 bits per heavy atom. The van der Waals surface area contributed by atoms with Crippen LogP contribution in [-0.2, 0) is 17.9 Å². The summed E-state index contributed by atoms with van der Waals surface area (Å²) in [6.45, 7) is 2.72. The molecule has 0 saturated heterocycles. The van der Waals surface area contributed by atoms with E-state index in [0.29, 0.717) is 25.9 Å². The molecular weight excluding hydrogens is 433 g/mol. The van der Waals surface area contributed by atoms with Crippen molar-refractivity contribution >= 4 is 10.9 Å². The van der Waals surface area contributed by atoms with E-state index in [2.05, 4.69) is 28.4 Å². The normalized spacial score (nSPS) is 11.6. The van der Waals surface area contributed by atoms with Crippen LogP contribution in [0.5, 0.6) is 5.75 Å². The fraction of sp³-hybridized carbons (Fsp3) is 0.370. The highest BCUT2D eigenvalue weighted by Crippen LogP contribution is 2.23. The summed E-state index contributed by atoms with van der Waals surface area (Å²) in [5.74, 6) is 6.64. The van der Waals surface area contributed by atoms with Crippen LogP contribution in [0.4, 0.5) is 4.39 Å². The summed E-state index contributed by atoms with van der Waals surface area (Å²) >= 11 is 0. The molecule has 1 unspecified atom stereocenters. The minimum Gasteiger partial charge on any atom is -0.493 e. The first-order chi connectivity index (χ1) is 16.6. The van der Waals surface area contributed by atoms with Gasteiger partial charge in [-0.2, -0.15) is 10.7 Å². The van der Waals surface area contributed by atoms with Crippen LogP contribution < -0.4 is 10.2 Å². The van der Waals surface area contributed by atoms with E-state index in [-0.39, 0.29) is 25.1 Å². The smallest absolute Gasteiger partial charge is 0.124 e. The number of aliphatic hydroxyl groups is 1. The third-order valence-electron chi connectivity index (χ3n) is 5.24. The van der Waals surface area contributed by atoms with Gasteiger partial charge in [0, 0.05) is 41.1 Å². The summed E-state index contributed by atoms with van der Waals surface area (Å²) in [6, 6.07) is 12.1. The van der Waals surface area contributed by atoms with Crippen LogP contribution in [0.15, 0.2) is 42.6 Å². The first-order valence-electron chi connectivity index (χ1n) is 11.5. The number of hydrogen-bond donors (Lipinski definition) is 3. The van der Waals surface area contributed by atoms with E-state index in [4.69, 9.17) is 14.8 Å². The van der Waals surface area contributed by atoms with Gasteiger partial charge in [0.25, 0.3) is 0 Å². The van der Waals surface area contributed by atoms with Crippen LogP contribution in [0.2, 0.25) is 0 Å². The second-order valence-electron chi connectivity index (χ2n) is 7.98. The van der Waals surface area contributed by atoms with Gasteiger partial charge in [-0.05, 0) is 61.2 Å². The highest BCUT2D eigenvalue weighted by atomic mass is 19.1. The lowest BCUT2D eigenvalue weighted by Gasteiger charge is -2.17. The fourth-order valence-corrected chi connectivity index (χ4v) is 3.51. The van der Waals surface area contributed by atoms with Crippen LogP contribution in [0.25, 0.3) is 10.9 Å². The Labute approximate surface area is 199 Å². The molecule has 3 aromatic rings. The number of aromatic amines is 1. The van der Waals surface area contributed by atoms with Crippen molar-refractivity contribution in [1.82, 2.24) is 10.5 Å². The zero-order valence-electron chi connectivity index (χ0n) is 19.4. The van der Waals surface area contributed by atoms with E-state index in [0.717, 1.165) is 46.2 Å². The maximum absolute atomic E-state index is 13.7. The van der Waals surface area contributed by atoms with Gasteiger partial charge >= 0.3 is 0 Å². The summed E-state index contributed by atoms with van der Waals surface area (Å²) < 4.78 is 19.5. The fourth-order valence-electron chi connectivity index (χ4n) is 3.51. The topological polar surface area (TPSA) is 90.3 Å². The lowest BCUT2D eigenvalue weighted by atomic mass is 10.1. The SMILES string of the molecule is CCCOc1ccc(C#CCCCC#N)cc1CONC(CO)Cc1c[nH]c2ccc(F)cc12. The van der Waals surface area contributed by atoms with Gasteiger partial charge < -0.3 is 14.8 Å². The first kappa shape index (κ1) is 25.3. The molecule has 1 atom stereocenters. The number of aliphatic hydroxyl groups excluding tert-OH is 1. The number of nitrogens with zero attached hydrogens (tertiary/aromatic N) is 1. The molecule has 0 aliphatic carbocycles. The maximum atomic E-state index is 13.7. The first-order valence-corrected chi connectivity index (χ1v) is 11.5. The number of halogens is 1. The Morgan fingerprint density at radius 2 is 2.06 bits per heavy atom. The molecule has 3 rings (SSSR count). The number of hydrogen-bond acceptors (Lipinski definition) is 5. The van der Waals surface area contributed by atoms with E-state index in [1.165, 1.54) is 12.1 Å². The Kier molecular flexibility index (Phi) is 9.94. The van der Waals surface area contributed by atoms with Crippen LogP contribution in [-0.4, -0.2) is 29.3 Å². The van der Waals surface area contributed by atoms with Gasteiger partial charge in [0.1, 0.15) is 11.6 Å². The Balaban J connectivity index is 1.63. The van der Waals surface area contributed by atoms with E-state index >= 15 is 0 Å². The number of nitriles is 1. The number of fused-ring (bicyclic) bond motifs is 1. The number of rotatable bonds is 12. The van der Waals surface area contributed by atoms with Crippen molar-refractivity contribution in [3.63, 3.8) is 0 Å². The summed E-state index contributed by atoms with van der Waals surface area (Å²) in [7, 11) is 0. The van der Waals surface area contributed by atoms with Crippen molar-refractivity contribution in [2.24, 2.45) is 0 Å². The van der Waals surface area contributed by atoms with Crippen molar-refractivity contribution in [1.29, 1.82) is 5.26 Å². The molecule has 0 bridgehead atoms. The zero-order valence-corrected chi connectivity index (χ0v) is 19.4. The van der Waals surface area contributed by atoms with Gasteiger partial charge in [-0.1, -0.05) is 18.8 Å². The molecule has 2 aromatic carbocycles. The number of H-pyrrole nitrogens is 1. The number of nitrogens with one attached hydrogen (secondary N) is 2. The summed E-state index contributed by atoms with van der Waals surface area (Å²) in [5.41, 5.74) is 6.35. The highest BCUT2D eigenvalue weighted by molar-refractivity contribution is 5.83. The number of aromatic nitrogens is 1. The molecule has 1 aromatic heterocycles. The standard InChI is InChI=1S/C27H30FN3O3/c1-2-13-33-27-11-8-20(7-5-3-4-6-12-29)14-22(27)19-34-31-24(18-32)15-21-17-30-26-10-9-23(28)16-25(21)26/h8-11,14,16-17,24,30-32H,2-4,6,13,15,18-19H2,1H3. The van der Waals surface area contributed by atoms with Crippen molar-refractivity contribution in [2.75, 3.05) is 13.2 Å². The van der Waals surface area contributed by atoms with E-state index in [9.17, 15) is 9.50 Å². The Bertz CT molecular complexity index is 1170. The van der Waals surface area contributed by atoms with Crippen LogP contribution >= 0.6 is 0 Å². The predicted molar refractivity (Wildman–Crippen MR) is 129 cm³/mol. The molecule has 0 aliphatic rings. The second-order valence-corrected chi connectivity index (χ2v) is 7.98. The average molecular weight is 464 g/mol. The van der Waals surface area contributed by atoms with Crippen molar-refractivity contribution < 1.29 is 19.1 Å². The molecule has 0 aliphatic heterocycles. The number of hydroxylamine groups is 1. The molecule has 0 radical (unpaired) electrons. The van der Waals surface area contributed by atoms with Crippen molar-refractivity contribution in [2.45, 2.75) is 51.7 Å². The monoisotopic (exact) mass is 463 g/mol. The summed E-state index contributed by atoms with van der Waals surface area (Å²) in [4.78, 5) is 8.86. The molecule has 3 N–H and O–H groups in total. The maximum Gasteiger partial charge on any atom is 0.124 e. The predicted octanol–water partition coefficient (Wildman–Crippen LogP) is 4.77. The lowest BCUT2D eigenvalue weighted by Crippen LogP contribution is -2.34. The lowest BCUT2D eigenvalue weighted by molar-refractivity contribution is -0.0101. The molecular formula is C27H30FN3O3. The van der Waals surface area contributed by atoms with Crippen LogP contribution in [0.3, 0.4) is 0 Å². The Morgan fingerprint density at radius 3 is 2.85 bits per heavy atom. The van der Waals surface area contributed by atoms with Crippen LogP contribution in [0, 0.1) is 29.0 Å². The van der Waals surface area contributed by atoms with E-state index in [1.54, 1.807) is 6.07 Å².